The lowest BCUT2D eigenvalue weighted by Gasteiger charge is -2.25. The van der Waals surface area contributed by atoms with Gasteiger partial charge in [0.05, 0.1) is 22.9 Å². The van der Waals surface area contributed by atoms with Gasteiger partial charge in [-0.1, -0.05) is 32.1 Å². The van der Waals surface area contributed by atoms with Crippen LogP contribution in [-0.4, -0.2) is 29.8 Å². The van der Waals surface area contributed by atoms with Gasteiger partial charge in [0.25, 0.3) is 0 Å². The van der Waals surface area contributed by atoms with Crippen LogP contribution in [-0.2, 0) is 12.8 Å². The zero-order valence-corrected chi connectivity index (χ0v) is 18.4. The first-order valence-electron chi connectivity index (χ1n) is 10.5. The molecule has 0 bridgehead atoms. The van der Waals surface area contributed by atoms with Gasteiger partial charge in [0.2, 0.25) is 0 Å². The van der Waals surface area contributed by atoms with Gasteiger partial charge < -0.3 is 4.90 Å². The van der Waals surface area contributed by atoms with Crippen LogP contribution in [0.25, 0.3) is 16.6 Å². The lowest BCUT2D eigenvalue weighted by Crippen LogP contribution is -2.17. The van der Waals surface area contributed by atoms with Gasteiger partial charge in [-0.3, -0.25) is 9.98 Å². The van der Waals surface area contributed by atoms with E-state index in [4.69, 9.17) is 4.98 Å². The van der Waals surface area contributed by atoms with Crippen molar-refractivity contribution in [3.05, 3.63) is 78.1 Å². The summed E-state index contributed by atoms with van der Waals surface area (Å²) in [7, 11) is 1.76. The zero-order valence-electron chi connectivity index (χ0n) is 18.4. The van der Waals surface area contributed by atoms with Gasteiger partial charge >= 0.3 is 0 Å². The summed E-state index contributed by atoms with van der Waals surface area (Å²) in [4.78, 5) is 15.9. The Hall–Kier alpha value is -3.27. The molecule has 0 atom stereocenters. The van der Waals surface area contributed by atoms with Crippen molar-refractivity contribution >= 4 is 34.2 Å². The second-order valence-electron chi connectivity index (χ2n) is 7.17. The molecular weight excluding hydrogens is 368 g/mol. The Balaban J connectivity index is 2.11. The summed E-state index contributed by atoms with van der Waals surface area (Å²) in [6.45, 7) is 11.1. The molecule has 0 aliphatic heterocycles. The molecule has 0 aliphatic rings. The molecule has 154 valence electrons. The minimum absolute atomic E-state index is 0.720. The fourth-order valence-electron chi connectivity index (χ4n) is 3.53. The molecule has 0 aliphatic carbocycles. The third-order valence-corrected chi connectivity index (χ3v) is 5.19. The normalized spacial score (nSPS) is 11.9. The average Bonchev–Trinajstić information content (AvgIpc) is 2.79. The Morgan fingerprint density at radius 1 is 1.03 bits per heavy atom. The van der Waals surface area contributed by atoms with Crippen LogP contribution in [0, 0.1) is 0 Å². The number of anilines is 2. The minimum atomic E-state index is 0.720. The molecule has 0 radical (unpaired) electrons. The maximum absolute atomic E-state index is 4.85. The number of benzene rings is 2. The Morgan fingerprint density at radius 2 is 1.77 bits per heavy atom. The highest BCUT2D eigenvalue weighted by Gasteiger charge is 2.12. The molecule has 4 nitrogen and oxygen atoms in total. The maximum Gasteiger partial charge on any atom is 0.0915 e. The minimum Gasteiger partial charge on any atom is -0.338 e. The van der Waals surface area contributed by atoms with Crippen LogP contribution < -0.4 is 4.90 Å². The lowest BCUT2D eigenvalue weighted by atomic mass is 10.0. The Labute approximate surface area is 179 Å². The van der Waals surface area contributed by atoms with Crippen molar-refractivity contribution < 1.29 is 0 Å². The third-order valence-electron chi connectivity index (χ3n) is 5.19. The maximum atomic E-state index is 4.85. The SMILES string of the molecule is C=CCN(c1cc(CC)cc(CC)c1)c1ccc2ncc(/C(C=NC)=C/C)nc2c1. The summed E-state index contributed by atoms with van der Waals surface area (Å²) < 4.78 is 0. The molecule has 0 saturated carbocycles. The van der Waals surface area contributed by atoms with Crippen LogP contribution in [0.15, 0.2) is 66.3 Å². The van der Waals surface area contributed by atoms with Crippen LogP contribution in [0.5, 0.6) is 0 Å². The molecule has 2 aromatic carbocycles. The van der Waals surface area contributed by atoms with E-state index < -0.39 is 0 Å². The van der Waals surface area contributed by atoms with E-state index in [1.807, 2.05) is 31.4 Å². The molecule has 0 saturated heterocycles. The van der Waals surface area contributed by atoms with E-state index in [2.05, 4.69) is 65.6 Å². The first kappa shape index (κ1) is 21.4. The number of aromatic nitrogens is 2. The number of rotatable bonds is 8. The van der Waals surface area contributed by atoms with E-state index in [1.54, 1.807) is 13.2 Å². The van der Waals surface area contributed by atoms with E-state index in [0.717, 1.165) is 47.4 Å². The molecule has 30 heavy (non-hydrogen) atoms. The monoisotopic (exact) mass is 398 g/mol. The van der Waals surface area contributed by atoms with Crippen molar-refractivity contribution in [2.24, 2.45) is 4.99 Å². The number of nitrogens with zero attached hydrogens (tertiary/aromatic N) is 4. The van der Waals surface area contributed by atoms with Crippen molar-refractivity contribution in [3.63, 3.8) is 0 Å². The van der Waals surface area contributed by atoms with Gasteiger partial charge in [-0.15, -0.1) is 6.58 Å². The molecule has 0 spiro atoms. The van der Waals surface area contributed by atoms with Gasteiger partial charge in [0, 0.05) is 36.8 Å². The van der Waals surface area contributed by atoms with Gasteiger partial charge in [-0.25, -0.2) is 4.98 Å². The van der Waals surface area contributed by atoms with E-state index in [-0.39, 0.29) is 0 Å². The third kappa shape index (κ3) is 4.65. The summed E-state index contributed by atoms with van der Waals surface area (Å²) in [5, 5.41) is 0. The van der Waals surface area contributed by atoms with Gasteiger partial charge in [0.1, 0.15) is 0 Å². The summed E-state index contributed by atoms with van der Waals surface area (Å²) >= 11 is 0. The lowest BCUT2D eigenvalue weighted by molar-refractivity contribution is 1.05. The summed E-state index contributed by atoms with van der Waals surface area (Å²) in [5.41, 5.74) is 8.48. The molecule has 4 heteroatoms. The summed E-state index contributed by atoms with van der Waals surface area (Å²) in [6.07, 6.45) is 9.58. The Bertz CT molecular complexity index is 1070. The number of hydrogen-bond donors (Lipinski definition) is 0. The fraction of sp³-hybridized carbons (Fsp3) is 0.269. The molecule has 0 amide bonds. The smallest absolute Gasteiger partial charge is 0.0915 e. The molecular formula is C26H30N4. The van der Waals surface area contributed by atoms with Gasteiger partial charge in [-0.05, 0) is 61.2 Å². The zero-order chi connectivity index (χ0) is 21.5. The van der Waals surface area contributed by atoms with E-state index in [9.17, 15) is 0 Å². The highest BCUT2D eigenvalue weighted by atomic mass is 15.1. The summed E-state index contributed by atoms with van der Waals surface area (Å²) in [5.74, 6) is 0. The average molecular weight is 399 g/mol. The predicted octanol–water partition coefficient (Wildman–Crippen LogP) is 6.18. The van der Waals surface area contributed by atoms with Gasteiger partial charge in [0.15, 0.2) is 0 Å². The number of allylic oxidation sites excluding steroid dienone is 2. The topological polar surface area (TPSA) is 41.4 Å². The number of aliphatic imine (C=N–C) groups is 1. The van der Waals surface area contributed by atoms with Gasteiger partial charge in [-0.2, -0.15) is 0 Å². The molecule has 0 N–H and O–H groups in total. The molecule has 3 aromatic rings. The molecule has 3 rings (SSSR count). The Kier molecular flexibility index (Phi) is 7.12. The van der Waals surface area contributed by atoms with Crippen LogP contribution >= 0.6 is 0 Å². The van der Waals surface area contributed by atoms with Crippen molar-refractivity contribution in [3.8, 4) is 0 Å². The molecule has 0 fully saturated rings. The second kappa shape index (κ2) is 9.97. The van der Waals surface area contributed by atoms with Crippen molar-refractivity contribution in [2.75, 3.05) is 18.5 Å². The van der Waals surface area contributed by atoms with E-state index >= 15 is 0 Å². The van der Waals surface area contributed by atoms with Crippen molar-refractivity contribution in [1.29, 1.82) is 0 Å². The van der Waals surface area contributed by atoms with Crippen LogP contribution in [0.3, 0.4) is 0 Å². The highest BCUT2D eigenvalue weighted by molar-refractivity contribution is 6.09. The van der Waals surface area contributed by atoms with E-state index in [0.29, 0.717) is 0 Å². The Morgan fingerprint density at radius 3 is 2.37 bits per heavy atom. The van der Waals surface area contributed by atoms with Crippen LogP contribution in [0.2, 0.25) is 0 Å². The number of hydrogen-bond acceptors (Lipinski definition) is 4. The molecule has 0 unspecified atom stereocenters. The van der Waals surface area contributed by atoms with Crippen LogP contribution in [0.4, 0.5) is 11.4 Å². The molecule has 1 heterocycles. The largest absolute Gasteiger partial charge is 0.338 e. The van der Waals surface area contributed by atoms with Crippen molar-refractivity contribution in [2.45, 2.75) is 33.6 Å². The first-order valence-corrected chi connectivity index (χ1v) is 10.5. The first-order chi connectivity index (χ1) is 14.6. The highest BCUT2D eigenvalue weighted by Crippen LogP contribution is 2.30. The standard InChI is InChI=1S/C26H30N4/c1-6-12-30(23-14-19(7-2)13-20(8-3)15-23)22-10-11-24-25(16-22)29-26(18-28-24)21(9-4)17-27-5/h6,9-11,13-18H,1,7-8,12H2,2-5H3/b21-9+,27-17?. The second-order valence-corrected chi connectivity index (χ2v) is 7.17. The van der Waals surface area contributed by atoms with Crippen molar-refractivity contribution in [1.82, 2.24) is 9.97 Å². The van der Waals surface area contributed by atoms with Crippen LogP contribution in [0.1, 0.15) is 37.6 Å². The quantitative estimate of drug-likeness (QED) is 0.336. The number of aryl methyl sites for hydroxylation is 2. The number of fused-ring (bicyclic) bond motifs is 1. The molecule has 1 aromatic heterocycles. The fourth-order valence-corrected chi connectivity index (χ4v) is 3.53. The van der Waals surface area contributed by atoms with E-state index in [1.165, 1.54) is 16.8 Å². The predicted molar refractivity (Wildman–Crippen MR) is 130 cm³/mol. The summed E-state index contributed by atoms with van der Waals surface area (Å²) in [6, 6.07) is 13.1.